The summed E-state index contributed by atoms with van der Waals surface area (Å²) < 4.78 is 91.9. The van der Waals surface area contributed by atoms with Crippen molar-refractivity contribution < 1.29 is 50.1 Å². The standard InChI is InChI=1S/C30H25F6N3O5S/c1-42-25(40)14-13-22-18-45-27(37-22)38-26(41)39-28(17-19-7-3-2-4-8-19,20-9-5-11-23(15-20)43-29(31,32)33)21-10-6-12-24(16-21)44-30(34,35)36/h2-12,15-16,18H,13-14,17H2,1H3,(H2,37,38,39,41). The van der Waals surface area contributed by atoms with Crippen LogP contribution in [0.25, 0.3) is 0 Å². The largest absolute Gasteiger partial charge is 0.573 e. The molecule has 0 saturated carbocycles. The lowest BCUT2D eigenvalue weighted by molar-refractivity contribution is -0.275. The first kappa shape index (κ1) is 33.1. The number of benzene rings is 3. The molecule has 0 radical (unpaired) electrons. The van der Waals surface area contributed by atoms with E-state index in [1.807, 2.05) is 0 Å². The number of amides is 2. The van der Waals surface area contributed by atoms with Gasteiger partial charge in [0.05, 0.1) is 24.8 Å². The van der Waals surface area contributed by atoms with Gasteiger partial charge >= 0.3 is 24.7 Å². The Bertz CT molecular complexity index is 1550. The fourth-order valence-corrected chi connectivity index (χ4v) is 5.25. The summed E-state index contributed by atoms with van der Waals surface area (Å²) in [6.45, 7) is 0. The third kappa shape index (κ3) is 9.60. The van der Waals surface area contributed by atoms with E-state index < -0.39 is 41.8 Å². The van der Waals surface area contributed by atoms with E-state index in [1.54, 1.807) is 35.7 Å². The SMILES string of the molecule is COC(=O)CCc1csc(NC(=O)NC(Cc2ccccc2)(c2cccc(OC(F)(F)F)c2)c2cccc(OC(F)(F)F)c2)n1. The summed E-state index contributed by atoms with van der Waals surface area (Å²) in [5.41, 5.74) is -0.575. The van der Waals surface area contributed by atoms with Gasteiger partial charge in [-0.3, -0.25) is 10.1 Å². The van der Waals surface area contributed by atoms with Gasteiger partial charge in [0.2, 0.25) is 0 Å². The Morgan fingerprint density at radius 2 is 1.40 bits per heavy atom. The number of esters is 1. The number of aryl methyl sites for hydroxylation is 1. The van der Waals surface area contributed by atoms with Crippen molar-refractivity contribution in [3.8, 4) is 11.5 Å². The molecule has 0 bridgehead atoms. The van der Waals surface area contributed by atoms with Gasteiger partial charge < -0.3 is 19.5 Å². The number of anilines is 1. The second-order valence-corrected chi connectivity index (χ2v) is 10.4. The number of hydrogen-bond acceptors (Lipinski definition) is 7. The van der Waals surface area contributed by atoms with Crippen LogP contribution in [0, 0.1) is 0 Å². The topological polar surface area (TPSA) is 98.8 Å². The first-order valence-electron chi connectivity index (χ1n) is 13.1. The number of methoxy groups -OCH3 is 1. The molecule has 238 valence electrons. The number of aromatic nitrogens is 1. The van der Waals surface area contributed by atoms with Crippen molar-refractivity contribution in [1.82, 2.24) is 10.3 Å². The van der Waals surface area contributed by atoms with Gasteiger partial charge in [0.15, 0.2) is 5.13 Å². The van der Waals surface area contributed by atoms with E-state index in [0.29, 0.717) is 11.3 Å². The first-order valence-corrected chi connectivity index (χ1v) is 14.0. The van der Waals surface area contributed by atoms with E-state index in [9.17, 15) is 35.9 Å². The van der Waals surface area contributed by atoms with Crippen LogP contribution >= 0.6 is 11.3 Å². The van der Waals surface area contributed by atoms with Crippen molar-refractivity contribution >= 4 is 28.5 Å². The molecule has 0 atom stereocenters. The van der Waals surface area contributed by atoms with Crippen molar-refractivity contribution in [2.24, 2.45) is 0 Å². The molecule has 2 amide bonds. The second kappa shape index (κ2) is 13.9. The van der Waals surface area contributed by atoms with Crippen LogP contribution in [0.3, 0.4) is 0 Å². The number of nitrogens with zero attached hydrogens (tertiary/aromatic N) is 1. The molecule has 4 aromatic rings. The third-order valence-electron chi connectivity index (χ3n) is 6.35. The Kier molecular flexibility index (Phi) is 10.2. The van der Waals surface area contributed by atoms with Crippen molar-refractivity contribution in [2.75, 3.05) is 12.4 Å². The molecule has 0 aliphatic heterocycles. The number of nitrogens with one attached hydrogen (secondary N) is 2. The zero-order chi connectivity index (χ0) is 32.7. The summed E-state index contributed by atoms with van der Waals surface area (Å²) in [5.74, 6) is -1.68. The summed E-state index contributed by atoms with van der Waals surface area (Å²) in [5, 5.41) is 7.09. The Morgan fingerprint density at radius 3 is 1.93 bits per heavy atom. The normalized spacial score (nSPS) is 11.9. The van der Waals surface area contributed by atoms with E-state index in [4.69, 9.17) is 0 Å². The fourth-order valence-electron chi connectivity index (χ4n) is 4.51. The van der Waals surface area contributed by atoms with Crippen molar-refractivity contribution in [3.05, 3.63) is 107 Å². The minimum absolute atomic E-state index is 0.0543. The molecular weight excluding hydrogens is 628 g/mol. The van der Waals surface area contributed by atoms with E-state index in [-0.39, 0.29) is 35.5 Å². The van der Waals surface area contributed by atoms with E-state index in [1.165, 1.54) is 31.4 Å². The van der Waals surface area contributed by atoms with Gasteiger partial charge in [0, 0.05) is 18.2 Å². The minimum atomic E-state index is -5.04. The van der Waals surface area contributed by atoms with Crippen LogP contribution in [-0.2, 0) is 27.9 Å². The van der Waals surface area contributed by atoms with E-state index in [0.717, 1.165) is 35.6 Å². The number of hydrogen-bond donors (Lipinski definition) is 2. The Morgan fingerprint density at radius 1 is 0.822 bits per heavy atom. The maximum atomic E-state index is 13.6. The predicted molar refractivity (Wildman–Crippen MR) is 152 cm³/mol. The number of thiazole rings is 1. The second-order valence-electron chi connectivity index (χ2n) is 9.52. The smallest absolute Gasteiger partial charge is 0.469 e. The zero-order valence-corrected chi connectivity index (χ0v) is 24.2. The van der Waals surface area contributed by atoms with Crippen LogP contribution in [0.2, 0.25) is 0 Å². The summed E-state index contributed by atoms with van der Waals surface area (Å²) in [6, 6.07) is 17.2. The fraction of sp³-hybridized carbons (Fsp3) is 0.233. The predicted octanol–water partition coefficient (Wildman–Crippen LogP) is 7.35. The van der Waals surface area contributed by atoms with Gasteiger partial charge in [0.25, 0.3) is 0 Å². The van der Waals surface area contributed by atoms with Crippen LogP contribution < -0.4 is 20.1 Å². The molecule has 0 aliphatic carbocycles. The van der Waals surface area contributed by atoms with Crippen LogP contribution in [0.5, 0.6) is 11.5 Å². The summed E-state index contributed by atoms with van der Waals surface area (Å²) in [4.78, 5) is 29.3. The molecule has 3 aromatic carbocycles. The van der Waals surface area contributed by atoms with E-state index in [2.05, 4.69) is 29.8 Å². The van der Waals surface area contributed by atoms with Gasteiger partial charge in [-0.15, -0.1) is 37.7 Å². The zero-order valence-electron chi connectivity index (χ0n) is 23.4. The van der Waals surface area contributed by atoms with Gasteiger partial charge in [-0.1, -0.05) is 54.6 Å². The molecule has 8 nitrogen and oxygen atoms in total. The van der Waals surface area contributed by atoms with Gasteiger partial charge in [0.1, 0.15) is 11.5 Å². The number of rotatable bonds is 11. The first-order chi connectivity index (χ1) is 21.2. The quantitative estimate of drug-likeness (QED) is 0.130. The van der Waals surface area contributed by atoms with Crippen molar-refractivity contribution in [1.29, 1.82) is 0 Å². The number of ether oxygens (including phenoxy) is 3. The summed E-state index contributed by atoms with van der Waals surface area (Å²) in [7, 11) is 1.25. The number of carbonyl (C=O) groups excluding carboxylic acids is 2. The van der Waals surface area contributed by atoms with Crippen LogP contribution in [-0.4, -0.2) is 36.8 Å². The average molecular weight is 654 g/mol. The van der Waals surface area contributed by atoms with Crippen LogP contribution in [0.1, 0.15) is 28.8 Å². The molecule has 0 unspecified atom stereocenters. The maximum Gasteiger partial charge on any atom is 0.573 e. The van der Waals surface area contributed by atoms with E-state index >= 15 is 0 Å². The third-order valence-corrected chi connectivity index (χ3v) is 7.15. The highest BCUT2D eigenvalue weighted by atomic mass is 32.1. The molecule has 45 heavy (non-hydrogen) atoms. The molecule has 1 heterocycles. The van der Waals surface area contributed by atoms with Crippen molar-refractivity contribution in [2.45, 2.75) is 37.5 Å². The molecule has 4 rings (SSSR count). The number of urea groups is 1. The van der Waals surface area contributed by atoms with Gasteiger partial charge in [-0.25, -0.2) is 9.78 Å². The van der Waals surface area contributed by atoms with Crippen molar-refractivity contribution in [3.63, 3.8) is 0 Å². The van der Waals surface area contributed by atoms with Crippen LogP contribution in [0.15, 0.2) is 84.2 Å². The lowest BCUT2D eigenvalue weighted by Gasteiger charge is -2.37. The highest BCUT2D eigenvalue weighted by Gasteiger charge is 2.39. The molecule has 2 N–H and O–H groups in total. The molecule has 1 aromatic heterocycles. The Hall–Kier alpha value is -4.79. The lowest BCUT2D eigenvalue weighted by Crippen LogP contribution is -2.50. The molecular formula is C30H25F6N3O5S. The molecule has 0 fully saturated rings. The minimum Gasteiger partial charge on any atom is -0.469 e. The monoisotopic (exact) mass is 653 g/mol. The van der Waals surface area contributed by atoms with Crippen LogP contribution in [0.4, 0.5) is 36.3 Å². The average Bonchev–Trinajstić information content (AvgIpc) is 3.41. The Labute approximate surface area is 257 Å². The molecule has 0 aliphatic rings. The molecule has 15 heteroatoms. The lowest BCUT2D eigenvalue weighted by atomic mass is 9.77. The maximum absolute atomic E-state index is 13.6. The summed E-state index contributed by atoms with van der Waals surface area (Å²) in [6.07, 6.45) is -9.90. The Balaban J connectivity index is 1.80. The number of alkyl halides is 6. The highest BCUT2D eigenvalue weighted by Crippen LogP contribution is 2.38. The number of carbonyl (C=O) groups is 2. The highest BCUT2D eigenvalue weighted by molar-refractivity contribution is 7.13. The molecule has 0 saturated heterocycles. The molecule has 0 spiro atoms. The van der Waals surface area contributed by atoms with Gasteiger partial charge in [-0.2, -0.15) is 0 Å². The van der Waals surface area contributed by atoms with Gasteiger partial charge in [-0.05, 0) is 41.0 Å². The number of halogens is 6. The summed E-state index contributed by atoms with van der Waals surface area (Å²) >= 11 is 1.05.